The minimum absolute atomic E-state index is 0.868. The van der Waals surface area contributed by atoms with Crippen molar-refractivity contribution in [3.63, 3.8) is 0 Å². The predicted octanol–water partition coefficient (Wildman–Crippen LogP) is 2.73. The molecular weight excluding hydrogens is 290 g/mol. The molecule has 0 spiro atoms. The third kappa shape index (κ3) is 3.34. The van der Waals surface area contributed by atoms with Crippen molar-refractivity contribution < 1.29 is 0 Å². The fraction of sp³-hybridized carbons (Fsp3) is 0.615. The van der Waals surface area contributed by atoms with Crippen molar-refractivity contribution in [1.29, 1.82) is 0 Å². The van der Waals surface area contributed by atoms with Crippen LogP contribution in [0.1, 0.15) is 24.8 Å². The lowest BCUT2D eigenvalue weighted by Crippen LogP contribution is -2.21. The highest BCUT2D eigenvalue weighted by atomic mass is 32.1. The number of likely N-dealkylation sites (tertiary alicyclic amines) is 1. The molecule has 1 N–H and O–H groups in total. The van der Waals surface area contributed by atoms with Gasteiger partial charge in [0.1, 0.15) is 5.69 Å². The normalized spacial score (nSPS) is 15.8. The number of anilines is 1. The Morgan fingerprint density at radius 3 is 2.95 bits per heavy atom. The van der Waals surface area contributed by atoms with E-state index in [0.717, 1.165) is 35.3 Å². The van der Waals surface area contributed by atoms with Gasteiger partial charge < -0.3 is 10.2 Å². The highest BCUT2D eigenvalue weighted by Crippen LogP contribution is 2.27. The van der Waals surface area contributed by atoms with E-state index in [4.69, 9.17) is 0 Å². The van der Waals surface area contributed by atoms with Gasteiger partial charge in [-0.15, -0.1) is 21.5 Å². The summed E-state index contributed by atoms with van der Waals surface area (Å²) in [5, 5.41) is 16.6. The van der Waals surface area contributed by atoms with E-state index >= 15 is 0 Å². The van der Waals surface area contributed by atoms with Gasteiger partial charge >= 0.3 is 0 Å². The van der Waals surface area contributed by atoms with E-state index in [0.29, 0.717) is 0 Å². The molecule has 2 aromatic heterocycles. The Hall–Kier alpha value is -1.05. The molecule has 7 heteroatoms. The van der Waals surface area contributed by atoms with Gasteiger partial charge in [0.2, 0.25) is 5.13 Å². The molecule has 1 aliphatic rings. The Labute approximate surface area is 127 Å². The van der Waals surface area contributed by atoms with Gasteiger partial charge in [-0.25, -0.2) is 4.98 Å². The van der Waals surface area contributed by atoms with Crippen molar-refractivity contribution in [2.45, 2.75) is 26.2 Å². The van der Waals surface area contributed by atoms with Crippen molar-refractivity contribution in [2.75, 3.05) is 31.5 Å². The standard InChI is InChI=1S/C13H19N5S2/c1-2-14-13-17-16-12(20-13)10-9-19-11(15-10)5-8-18-6-3-4-7-18/h9H,2-8H2,1H3,(H,14,17). The van der Waals surface area contributed by atoms with Gasteiger partial charge in [-0.2, -0.15) is 0 Å². The van der Waals surface area contributed by atoms with Crippen LogP contribution in [0.2, 0.25) is 0 Å². The molecule has 0 unspecified atom stereocenters. The molecule has 0 amide bonds. The first-order chi connectivity index (χ1) is 9.85. The lowest BCUT2D eigenvalue weighted by atomic mass is 10.4. The van der Waals surface area contributed by atoms with Crippen molar-refractivity contribution in [2.24, 2.45) is 0 Å². The van der Waals surface area contributed by atoms with E-state index in [-0.39, 0.29) is 0 Å². The molecule has 0 atom stereocenters. The lowest BCUT2D eigenvalue weighted by molar-refractivity contribution is 0.343. The number of hydrogen-bond acceptors (Lipinski definition) is 7. The van der Waals surface area contributed by atoms with Crippen LogP contribution in [0.4, 0.5) is 5.13 Å². The van der Waals surface area contributed by atoms with E-state index in [1.165, 1.54) is 30.9 Å². The first kappa shape index (κ1) is 13.9. The Morgan fingerprint density at radius 2 is 2.15 bits per heavy atom. The van der Waals surface area contributed by atoms with E-state index < -0.39 is 0 Å². The predicted molar refractivity (Wildman–Crippen MR) is 84.6 cm³/mol. The summed E-state index contributed by atoms with van der Waals surface area (Å²) in [4.78, 5) is 7.21. The molecule has 0 saturated carbocycles. The van der Waals surface area contributed by atoms with Gasteiger partial charge in [-0.3, -0.25) is 0 Å². The second-order valence-corrected chi connectivity index (χ2v) is 6.79. The molecule has 108 valence electrons. The van der Waals surface area contributed by atoms with Crippen LogP contribution in [0.3, 0.4) is 0 Å². The van der Waals surface area contributed by atoms with Crippen molar-refractivity contribution in [3.8, 4) is 10.7 Å². The second kappa shape index (κ2) is 6.60. The molecule has 20 heavy (non-hydrogen) atoms. The zero-order valence-electron chi connectivity index (χ0n) is 11.6. The Kier molecular flexibility index (Phi) is 4.59. The Balaban J connectivity index is 1.60. The molecule has 1 fully saturated rings. The highest BCUT2D eigenvalue weighted by Gasteiger charge is 2.13. The average Bonchev–Trinajstić information content (AvgIpc) is 3.18. The molecule has 1 saturated heterocycles. The van der Waals surface area contributed by atoms with Crippen LogP contribution in [0.25, 0.3) is 10.7 Å². The molecule has 3 rings (SSSR count). The molecule has 5 nitrogen and oxygen atoms in total. The third-order valence-corrected chi connectivity index (χ3v) is 5.18. The monoisotopic (exact) mass is 309 g/mol. The summed E-state index contributed by atoms with van der Waals surface area (Å²) in [6, 6.07) is 0. The summed E-state index contributed by atoms with van der Waals surface area (Å²) >= 11 is 3.30. The third-order valence-electron chi connectivity index (χ3n) is 3.36. The number of nitrogens with one attached hydrogen (secondary N) is 1. The van der Waals surface area contributed by atoms with Gasteiger partial charge in [0.05, 0.1) is 5.01 Å². The SMILES string of the molecule is CCNc1nnc(-c2csc(CCN3CCCC3)n2)s1. The number of nitrogens with zero attached hydrogens (tertiary/aromatic N) is 4. The maximum Gasteiger partial charge on any atom is 0.206 e. The van der Waals surface area contributed by atoms with E-state index in [2.05, 4.69) is 37.7 Å². The fourth-order valence-corrected chi connectivity index (χ4v) is 3.95. The molecular formula is C13H19N5S2. The van der Waals surface area contributed by atoms with Crippen LogP contribution in [-0.2, 0) is 6.42 Å². The molecule has 3 heterocycles. The summed E-state index contributed by atoms with van der Waals surface area (Å²) in [5.74, 6) is 0. The van der Waals surface area contributed by atoms with Crippen LogP contribution in [0.15, 0.2) is 5.38 Å². The van der Waals surface area contributed by atoms with Gasteiger partial charge in [0.25, 0.3) is 0 Å². The van der Waals surface area contributed by atoms with Gasteiger partial charge in [0, 0.05) is 24.9 Å². The van der Waals surface area contributed by atoms with Crippen molar-refractivity contribution in [1.82, 2.24) is 20.1 Å². The smallest absolute Gasteiger partial charge is 0.206 e. The minimum Gasteiger partial charge on any atom is -0.360 e. The largest absolute Gasteiger partial charge is 0.360 e. The quantitative estimate of drug-likeness (QED) is 0.889. The zero-order valence-corrected chi connectivity index (χ0v) is 13.3. The van der Waals surface area contributed by atoms with E-state index in [1.807, 2.05) is 0 Å². The van der Waals surface area contributed by atoms with E-state index in [1.54, 1.807) is 22.7 Å². The number of thiazole rings is 1. The number of hydrogen-bond donors (Lipinski definition) is 1. The second-order valence-electron chi connectivity index (χ2n) is 4.87. The zero-order chi connectivity index (χ0) is 13.8. The molecule has 1 aliphatic heterocycles. The Morgan fingerprint density at radius 1 is 1.30 bits per heavy atom. The molecule has 0 aromatic carbocycles. The summed E-state index contributed by atoms with van der Waals surface area (Å²) in [6.07, 6.45) is 3.74. The fourth-order valence-electron chi connectivity index (χ4n) is 2.33. The summed E-state index contributed by atoms with van der Waals surface area (Å²) in [7, 11) is 0. The summed E-state index contributed by atoms with van der Waals surface area (Å²) in [6.45, 7) is 6.56. The first-order valence-corrected chi connectivity index (χ1v) is 8.79. The minimum atomic E-state index is 0.868. The highest BCUT2D eigenvalue weighted by molar-refractivity contribution is 7.18. The van der Waals surface area contributed by atoms with Crippen LogP contribution in [0.5, 0.6) is 0 Å². The van der Waals surface area contributed by atoms with Crippen LogP contribution in [-0.4, -0.2) is 46.3 Å². The van der Waals surface area contributed by atoms with Crippen molar-refractivity contribution >= 4 is 27.8 Å². The number of aromatic nitrogens is 3. The molecule has 0 radical (unpaired) electrons. The first-order valence-electron chi connectivity index (χ1n) is 7.09. The van der Waals surface area contributed by atoms with Crippen LogP contribution in [0, 0.1) is 0 Å². The van der Waals surface area contributed by atoms with Gasteiger partial charge in [-0.1, -0.05) is 11.3 Å². The van der Waals surface area contributed by atoms with Crippen LogP contribution >= 0.6 is 22.7 Å². The van der Waals surface area contributed by atoms with Crippen molar-refractivity contribution in [3.05, 3.63) is 10.4 Å². The summed E-state index contributed by atoms with van der Waals surface area (Å²) in [5.41, 5.74) is 0.966. The Bertz CT molecular complexity index is 544. The average molecular weight is 309 g/mol. The maximum absolute atomic E-state index is 4.69. The molecule has 0 bridgehead atoms. The maximum atomic E-state index is 4.69. The molecule has 2 aromatic rings. The lowest BCUT2D eigenvalue weighted by Gasteiger charge is -2.12. The van der Waals surface area contributed by atoms with Gasteiger partial charge in [0.15, 0.2) is 5.01 Å². The van der Waals surface area contributed by atoms with Gasteiger partial charge in [-0.05, 0) is 32.9 Å². The number of rotatable bonds is 6. The summed E-state index contributed by atoms with van der Waals surface area (Å²) < 4.78 is 0. The van der Waals surface area contributed by atoms with Crippen LogP contribution < -0.4 is 5.32 Å². The molecule has 0 aliphatic carbocycles. The topological polar surface area (TPSA) is 53.9 Å². The van der Waals surface area contributed by atoms with E-state index in [9.17, 15) is 0 Å².